The van der Waals surface area contributed by atoms with Crippen molar-refractivity contribution in [1.29, 1.82) is 0 Å². The number of amidine groups is 1. The van der Waals surface area contributed by atoms with Gasteiger partial charge in [-0.15, -0.1) is 0 Å². The number of fused-ring (bicyclic) bond motifs is 6. The summed E-state index contributed by atoms with van der Waals surface area (Å²) >= 11 is 0. The fourth-order valence-corrected chi connectivity index (χ4v) is 5.41. The lowest BCUT2D eigenvalue weighted by Gasteiger charge is -2.36. The standard InChI is InChI=1S/C29H21FN4O2/c30-27-19(5-3-11-32-27)18-7-8-25-22(14-18)29(21-6-2-1-4-20(21)28(31)34-29)23-15-24(33-16-26(23)36-25)17-9-12-35-13-10-17/h1-9,11,14-16H,10,12-13H2,(H2,31,34). The van der Waals surface area contributed by atoms with E-state index >= 15 is 0 Å². The van der Waals surface area contributed by atoms with Crippen LogP contribution in [0, 0.1) is 5.95 Å². The minimum Gasteiger partial charge on any atom is -0.455 e. The summed E-state index contributed by atoms with van der Waals surface area (Å²) in [6.07, 6.45) is 6.04. The normalized spacial score (nSPS) is 19.6. The largest absolute Gasteiger partial charge is 0.455 e. The number of pyridine rings is 2. The second-order valence-corrected chi connectivity index (χ2v) is 9.03. The van der Waals surface area contributed by atoms with Gasteiger partial charge in [-0.05, 0) is 53.5 Å². The molecule has 36 heavy (non-hydrogen) atoms. The summed E-state index contributed by atoms with van der Waals surface area (Å²) in [5.74, 6) is 1.17. The Balaban J connectivity index is 1.52. The molecule has 1 unspecified atom stereocenters. The fraction of sp³-hybridized carbons (Fsp3) is 0.138. The van der Waals surface area contributed by atoms with E-state index in [1.807, 2.05) is 48.5 Å². The summed E-state index contributed by atoms with van der Waals surface area (Å²) in [6, 6.07) is 19.1. The molecule has 0 radical (unpaired) electrons. The van der Waals surface area contributed by atoms with Crippen LogP contribution in [-0.2, 0) is 10.3 Å². The second kappa shape index (κ2) is 7.83. The van der Waals surface area contributed by atoms with Crippen LogP contribution in [0.1, 0.15) is 34.4 Å². The summed E-state index contributed by atoms with van der Waals surface area (Å²) in [4.78, 5) is 13.6. The molecule has 0 saturated carbocycles. The van der Waals surface area contributed by atoms with E-state index in [1.165, 1.54) is 6.20 Å². The van der Waals surface area contributed by atoms with Crippen molar-refractivity contribution in [2.45, 2.75) is 12.0 Å². The van der Waals surface area contributed by atoms with Crippen LogP contribution < -0.4 is 10.5 Å². The van der Waals surface area contributed by atoms with Crippen molar-refractivity contribution in [3.05, 3.63) is 113 Å². The molecule has 7 rings (SSSR count). The number of ether oxygens (including phenoxy) is 2. The summed E-state index contributed by atoms with van der Waals surface area (Å²) < 4.78 is 26.5. The lowest BCUT2D eigenvalue weighted by atomic mass is 9.75. The molecule has 1 spiro atoms. The number of benzene rings is 2. The molecular weight excluding hydrogens is 455 g/mol. The van der Waals surface area contributed by atoms with Gasteiger partial charge in [-0.2, -0.15) is 4.39 Å². The molecule has 0 amide bonds. The molecule has 3 aliphatic heterocycles. The zero-order valence-corrected chi connectivity index (χ0v) is 19.2. The molecule has 7 heteroatoms. The Morgan fingerprint density at radius 2 is 1.75 bits per heavy atom. The first-order valence-corrected chi connectivity index (χ1v) is 11.8. The third-order valence-electron chi connectivity index (χ3n) is 7.09. The highest BCUT2D eigenvalue weighted by Crippen LogP contribution is 2.56. The number of aromatic nitrogens is 2. The van der Waals surface area contributed by atoms with Crippen molar-refractivity contribution in [2.75, 3.05) is 13.2 Å². The quantitative estimate of drug-likeness (QED) is 0.402. The molecule has 6 nitrogen and oxygen atoms in total. The molecule has 1 atom stereocenters. The van der Waals surface area contributed by atoms with Crippen LogP contribution in [0.5, 0.6) is 11.5 Å². The van der Waals surface area contributed by atoms with Gasteiger partial charge in [-0.1, -0.05) is 36.4 Å². The van der Waals surface area contributed by atoms with E-state index in [-0.39, 0.29) is 0 Å². The van der Waals surface area contributed by atoms with Gasteiger partial charge in [0.25, 0.3) is 0 Å². The van der Waals surface area contributed by atoms with Crippen molar-refractivity contribution >= 4 is 11.4 Å². The van der Waals surface area contributed by atoms with Crippen molar-refractivity contribution in [2.24, 2.45) is 10.7 Å². The van der Waals surface area contributed by atoms with Gasteiger partial charge in [0.2, 0.25) is 5.95 Å². The summed E-state index contributed by atoms with van der Waals surface area (Å²) in [6.45, 7) is 1.22. The summed E-state index contributed by atoms with van der Waals surface area (Å²) in [7, 11) is 0. The Kier molecular flexibility index (Phi) is 4.56. The molecule has 0 saturated heterocycles. The van der Waals surface area contributed by atoms with Crippen molar-refractivity contribution in [3.63, 3.8) is 0 Å². The number of hydrogen-bond acceptors (Lipinski definition) is 6. The predicted molar refractivity (Wildman–Crippen MR) is 134 cm³/mol. The van der Waals surface area contributed by atoms with Crippen LogP contribution >= 0.6 is 0 Å². The summed E-state index contributed by atoms with van der Waals surface area (Å²) in [5, 5.41) is 0. The van der Waals surface area contributed by atoms with Gasteiger partial charge in [-0.25, -0.2) is 9.98 Å². The molecule has 0 aliphatic carbocycles. The van der Waals surface area contributed by atoms with Crippen LogP contribution in [0.2, 0.25) is 0 Å². The average molecular weight is 477 g/mol. The van der Waals surface area contributed by atoms with Crippen molar-refractivity contribution in [3.8, 4) is 22.6 Å². The Morgan fingerprint density at radius 3 is 2.61 bits per heavy atom. The van der Waals surface area contributed by atoms with E-state index in [1.54, 1.807) is 18.3 Å². The second-order valence-electron chi connectivity index (χ2n) is 9.03. The van der Waals surface area contributed by atoms with Crippen LogP contribution in [0.3, 0.4) is 0 Å². The Bertz CT molecular complexity index is 1610. The Hall–Kier alpha value is -4.36. The third kappa shape index (κ3) is 2.96. The summed E-state index contributed by atoms with van der Waals surface area (Å²) in [5.41, 5.74) is 12.1. The average Bonchev–Trinajstić information content (AvgIpc) is 3.22. The fourth-order valence-electron chi connectivity index (χ4n) is 5.41. The molecule has 0 fully saturated rings. The number of aliphatic imine (C=N–C) groups is 1. The molecule has 0 bridgehead atoms. The first-order chi connectivity index (χ1) is 17.6. The highest BCUT2D eigenvalue weighted by atomic mass is 19.1. The monoisotopic (exact) mass is 476 g/mol. The first kappa shape index (κ1) is 21.0. The highest BCUT2D eigenvalue weighted by molar-refractivity contribution is 6.03. The van der Waals surface area contributed by atoms with E-state index in [0.29, 0.717) is 41.7 Å². The minimum atomic E-state index is -0.957. The van der Waals surface area contributed by atoms with E-state index in [0.717, 1.165) is 39.9 Å². The maximum Gasteiger partial charge on any atom is 0.220 e. The predicted octanol–water partition coefficient (Wildman–Crippen LogP) is 5.20. The number of nitrogens with zero attached hydrogens (tertiary/aromatic N) is 3. The smallest absolute Gasteiger partial charge is 0.220 e. The number of halogens is 1. The molecule has 5 heterocycles. The maximum absolute atomic E-state index is 14.7. The first-order valence-electron chi connectivity index (χ1n) is 11.8. The molecule has 176 valence electrons. The van der Waals surface area contributed by atoms with Crippen LogP contribution in [0.25, 0.3) is 16.7 Å². The minimum absolute atomic E-state index is 0.409. The molecule has 2 aromatic carbocycles. The Labute approximate surface area is 207 Å². The molecule has 2 aromatic heterocycles. The van der Waals surface area contributed by atoms with Gasteiger partial charge in [0.1, 0.15) is 17.1 Å². The number of nitrogens with two attached hydrogens (primary N) is 1. The zero-order chi connectivity index (χ0) is 24.3. The van der Waals surface area contributed by atoms with Crippen LogP contribution in [0.4, 0.5) is 4.39 Å². The van der Waals surface area contributed by atoms with Crippen molar-refractivity contribution in [1.82, 2.24) is 9.97 Å². The lowest BCUT2D eigenvalue weighted by molar-refractivity contribution is 0.161. The molecule has 3 aliphatic rings. The van der Waals surface area contributed by atoms with E-state index in [9.17, 15) is 4.39 Å². The van der Waals surface area contributed by atoms with Gasteiger partial charge in [0.05, 0.1) is 25.1 Å². The van der Waals surface area contributed by atoms with Gasteiger partial charge in [0, 0.05) is 28.5 Å². The topological polar surface area (TPSA) is 82.6 Å². The third-order valence-corrected chi connectivity index (χ3v) is 7.09. The van der Waals surface area contributed by atoms with Gasteiger partial charge in [-0.3, -0.25) is 4.98 Å². The zero-order valence-electron chi connectivity index (χ0n) is 19.2. The van der Waals surface area contributed by atoms with Gasteiger partial charge < -0.3 is 15.2 Å². The Morgan fingerprint density at radius 1 is 0.889 bits per heavy atom. The number of hydrogen-bond donors (Lipinski definition) is 1. The van der Waals surface area contributed by atoms with Crippen LogP contribution in [0.15, 0.2) is 84.1 Å². The highest BCUT2D eigenvalue weighted by Gasteiger charge is 2.49. The molecule has 4 aromatic rings. The molecular formula is C29H21FN4O2. The maximum atomic E-state index is 14.7. The lowest BCUT2D eigenvalue weighted by Crippen LogP contribution is -2.30. The van der Waals surface area contributed by atoms with E-state index in [2.05, 4.69) is 11.1 Å². The van der Waals surface area contributed by atoms with E-state index in [4.69, 9.17) is 25.2 Å². The number of rotatable bonds is 2. The van der Waals surface area contributed by atoms with Crippen LogP contribution in [-0.4, -0.2) is 29.0 Å². The van der Waals surface area contributed by atoms with Gasteiger partial charge >= 0.3 is 0 Å². The molecule has 2 N–H and O–H groups in total. The van der Waals surface area contributed by atoms with Gasteiger partial charge in [0.15, 0.2) is 5.75 Å². The SMILES string of the molecule is NC1=NC2(c3cc(-c4cccnc4F)ccc3Oc3cnc(C4=CCOCC4)cc32)c2ccccc21. The van der Waals surface area contributed by atoms with Crippen molar-refractivity contribution < 1.29 is 13.9 Å². The van der Waals surface area contributed by atoms with E-state index < -0.39 is 11.5 Å².